The van der Waals surface area contributed by atoms with Gasteiger partial charge in [0.2, 0.25) is 0 Å². The summed E-state index contributed by atoms with van der Waals surface area (Å²) >= 11 is 0. The van der Waals surface area contributed by atoms with E-state index in [-0.39, 0.29) is 12.3 Å². The fourth-order valence-corrected chi connectivity index (χ4v) is 2.39. The highest BCUT2D eigenvalue weighted by Gasteiger charge is 2.19. The monoisotopic (exact) mass is 265 g/mol. The number of aromatic nitrogens is 2. The molecule has 0 spiro atoms. The molecule has 1 fully saturated rings. The van der Waals surface area contributed by atoms with E-state index in [1.807, 2.05) is 0 Å². The zero-order valence-electron chi connectivity index (χ0n) is 10.8. The summed E-state index contributed by atoms with van der Waals surface area (Å²) in [5, 5.41) is 17.7. The van der Waals surface area contributed by atoms with Crippen molar-refractivity contribution >= 4 is 5.97 Å². The fraction of sp³-hybridized carbons (Fsp3) is 0.615. The highest BCUT2D eigenvalue weighted by Crippen LogP contribution is 2.20. The zero-order valence-corrected chi connectivity index (χ0v) is 10.8. The summed E-state index contributed by atoms with van der Waals surface area (Å²) < 4.78 is 0. The topological polar surface area (TPSA) is 86.5 Å². The van der Waals surface area contributed by atoms with Gasteiger partial charge in [-0.05, 0) is 38.3 Å². The van der Waals surface area contributed by atoms with Crippen LogP contribution in [0.15, 0.2) is 12.4 Å². The Labute approximate surface area is 112 Å². The first-order chi connectivity index (χ1) is 9.19. The smallest absolute Gasteiger partial charge is 0.356 e. The molecule has 0 atom stereocenters. The number of carboxylic acids is 1. The maximum atomic E-state index is 10.7. The molecule has 104 valence electrons. The molecule has 0 saturated carbocycles. The van der Waals surface area contributed by atoms with Crippen molar-refractivity contribution in [2.45, 2.75) is 25.8 Å². The summed E-state index contributed by atoms with van der Waals surface area (Å²) in [7, 11) is 0. The molecule has 6 heteroatoms. The Hall–Kier alpha value is -1.53. The van der Waals surface area contributed by atoms with Gasteiger partial charge in [-0.3, -0.25) is 9.88 Å². The number of hydrogen-bond donors (Lipinski definition) is 2. The van der Waals surface area contributed by atoms with Crippen molar-refractivity contribution in [2.75, 3.05) is 19.7 Å². The summed E-state index contributed by atoms with van der Waals surface area (Å²) in [6.07, 6.45) is 5.92. The van der Waals surface area contributed by atoms with E-state index >= 15 is 0 Å². The molecular formula is C13H19N3O3. The van der Waals surface area contributed by atoms with Gasteiger partial charge in [-0.2, -0.15) is 0 Å². The molecule has 1 aromatic rings. The Balaban J connectivity index is 1.83. The van der Waals surface area contributed by atoms with E-state index in [0.717, 1.165) is 38.0 Å². The maximum absolute atomic E-state index is 10.7. The number of nitrogens with zero attached hydrogens (tertiary/aromatic N) is 3. The first kappa shape index (κ1) is 13.9. The summed E-state index contributed by atoms with van der Waals surface area (Å²) in [6.45, 7) is 2.96. The minimum Gasteiger partial charge on any atom is -0.476 e. The van der Waals surface area contributed by atoms with E-state index < -0.39 is 5.97 Å². The predicted octanol–water partition coefficient (Wildman–Crippen LogP) is 0.769. The van der Waals surface area contributed by atoms with E-state index in [1.54, 1.807) is 0 Å². The van der Waals surface area contributed by atoms with Crippen LogP contribution in [0.5, 0.6) is 0 Å². The number of carboxylic acid groups (broad SMARTS) is 1. The Morgan fingerprint density at radius 3 is 2.58 bits per heavy atom. The molecule has 0 radical (unpaired) electrons. The van der Waals surface area contributed by atoms with Gasteiger partial charge >= 0.3 is 5.97 Å². The van der Waals surface area contributed by atoms with Gasteiger partial charge in [0.1, 0.15) is 0 Å². The summed E-state index contributed by atoms with van der Waals surface area (Å²) in [4.78, 5) is 20.9. The Bertz CT molecular complexity index is 414. The number of aliphatic hydroxyl groups is 1. The third kappa shape index (κ3) is 3.97. The van der Waals surface area contributed by atoms with Gasteiger partial charge in [0, 0.05) is 13.2 Å². The molecule has 1 aliphatic heterocycles. The van der Waals surface area contributed by atoms with Crippen LogP contribution in [0.25, 0.3) is 0 Å². The SMILES string of the molecule is O=C(O)c1cnc(CN2CCC(CCO)CC2)cn1. The molecule has 0 unspecified atom stereocenters. The molecule has 2 N–H and O–H groups in total. The number of aliphatic hydroxyl groups excluding tert-OH is 1. The number of hydrogen-bond acceptors (Lipinski definition) is 5. The molecule has 0 aromatic carbocycles. The Kier molecular flexibility index (Phi) is 4.81. The first-order valence-electron chi connectivity index (χ1n) is 6.56. The molecule has 6 nitrogen and oxygen atoms in total. The molecule has 0 aliphatic carbocycles. The average molecular weight is 265 g/mol. The van der Waals surface area contributed by atoms with Crippen molar-refractivity contribution in [3.05, 3.63) is 23.8 Å². The van der Waals surface area contributed by atoms with Crippen molar-refractivity contribution in [1.82, 2.24) is 14.9 Å². The van der Waals surface area contributed by atoms with Gasteiger partial charge < -0.3 is 10.2 Å². The minimum absolute atomic E-state index is 0.0228. The van der Waals surface area contributed by atoms with Gasteiger partial charge in [0.25, 0.3) is 0 Å². The Morgan fingerprint density at radius 1 is 1.32 bits per heavy atom. The molecule has 1 aliphatic rings. The van der Waals surface area contributed by atoms with Gasteiger partial charge in [0.05, 0.1) is 18.1 Å². The Morgan fingerprint density at radius 2 is 2.05 bits per heavy atom. The van der Waals surface area contributed by atoms with E-state index in [1.165, 1.54) is 12.4 Å². The van der Waals surface area contributed by atoms with Gasteiger partial charge in [-0.25, -0.2) is 9.78 Å². The second-order valence-electron chi connectivity index (χ2n) is 4.93. The molecular weight excluding hydrogens is 246 g/mol. The normalized spacial score (nSPS) is 17.5. The van der Waals surface area contributed by atoms with Gasteiger partial charge in [-0.1, -0.05) is 0 Å². The van der Waals surface area contributed by atoms with Crippen LogP contribution in [-0.2, 0) is 6.54 Å². The number of aromatic carboxylic acids is 1. The maximum Gasteiger partial charge on any atom is 0.356 e. The van der Waals surface area contributed by atoms with Crippen molar-refractivity contribution in [3.63, 3.8) is 0 Å². The molecule has 2 heterocycles. The number of likely N-dealkylation sites (tertiary alicyclic amines) is 1. The zero-order chi connectivity index (χ0) is 13.7. The molecule has 0 amide bonds. The lowest BCUT2D eigenvalue weighted by Gasteiger charge is -2.31. The number of rotatable bonds is 5. The van der Waals surface area contributed by atoms with E-state index in [2.05, 4.69) is 14.9 Å². The van der Waals surface area contributed by atoms with E-state index in [0.29, 0.717) is 12.5 Å². The van der Waals surface area contributed by atoms with Crippen LogP contribution in [0.4, 0.5) is 0 Å². The third-order valence-corrected chi connectivity index (χ3v) is 3.55. The standard InChI is InChI=1S/C13H19N3O3/c17-6-3-10-1-4-16(5-2-10)9-11-7-15-12(8-14-11)13(18)19/h7-8,10,17H,1-6,9H2,(H,18,19). The van der Waals surface area contributed by atoms with Crippen LogP contribution in [0.2, 0.25) is 0 Å². The van der Waals surface area contributed by atoms with Crippen molar-refractivity contribution in [1.29, 1.82) is 0 Å². The fourth-order valence-electron chi connectivity index (χ4n) is 2.39. The third-order valence-electron chi connectivity index (χ3n) is 3.55. The van der Waals surface area contributed by atoms with Crippen LogP contribution in [0.1, 0.15) is 35.4 Å². The van der Waals surface area contributed by atoms with Gasteiger partial charge in [-0.15, -0.1) is 0 Å². The van der Waals surface area contributed by atoms with Crippen LogP contribution in [-0.4, -0.2) is 50.7 Å². The second-order valence-corrected chi connectivity index (χ2v) is 4.93. The number of carbonyl (C=O) groups is 1. The molecule has 1 aromatic heterocycles. The summed E-state index contributed by atoms with van der Waals surface area (Å²) in [6, 6.07) is 0. The van der Waals surface area contributed by atoms with Gasteiger partial charge in [0.15, 0.2) is 5.69 Å². The molecule has 2 rings (SSSR count). The number of piperidine rings is 1. The van der Waals surface area contributed by atoms with Crippen LogP contribution in [0, 0.1) is 5.92 Å². The summed E-state index contributed by atoms with van der Waals surface area (Å²) in [5.74, 6) is -0.425. The van der Waals surface area contributed by atoms with Crippen LogP contribution in [0.3, 0.4) is 0 Å². The first-order valence-corrected chi connectivity index (χ1v) is 6.56. The van der Waals surface area contributed by atoms with E-state index in [4.69, 9.17) is 10.2 Å². The lowest BCUT2D eigenvalue weighted by Crippen LogP contribution is -2.33. The van der Waals surface area contributed by atoms with Crippen LogP contribution < -0.4 is 0 Å². The molecule has 19 heavy (non-hydrogen) atoms. The highest BCUT2D eigenvalue weighted by atomic mass is 16.4. The lowest BCUT2D eigenvalue weighted by molar-refractivity contribution is 0.0689. The quantitative estimate of drug-likeness (QED) is 0.817. The van der Waals surface area contributed by atoms with Crippen molar-refractivity contribution in [3.8, 4) is 0 Å². The minimum atomic E-state index is -1.05. The van der Waals surface area contributed by atoms with Crippen molar-refractivity contribution in [2.24, 2.45) is 5.92 Å². The van der Waals surface area contributed by atoms with Crippen molar-refractivity contribution < 1.29 is 15.0 Å². The van der Waals surface area contributed by atoms with E-state index in [9.17, 15) is 4.79 Å². The molecule has 0 bridgehead atoms. The lowest BCUT2D eigenvalue weighted by atomic mass is 9.94. The largest absolute Gasteiger partial charge is 0.476 e. The highest BCUT2D eigenvalue weighted by molar-refractivity contribution is 5.84. The second kappa shape index (κ2) is 6.58. The van der Waals surface area contributed by atoms with Crippen LogP contribution >= 0.6 is 0 Å². The summed E-state index contributed by atoms with van der Waals surface area (Å²) in [5.41, 5.74) is 0.774. The predicted molar refractivity (Wildman–Crippen MR) is 68.7 cm³/mol. The average Bonchev–Trinajstić information content (AvgIpc) is 2.42. The molecule has 1 saturated heterocycles.